The van der Waals surface area contributed by atoms with Gasteiger partial charge in [0, 0.05) is 0 Å². The maximum atomic E-state index is 11.1. The average Bonchev–Trinajstić information content (AvgIpc) is 2.16. The molecule has 0 radical (unpaired) electrons. The molecule has 0 unspecified atom stereocenters. The van der Waals surface area contributed by atoms with Gasteiger partial charge in [0.05, 0.1) is 18.2 Å². The summed E-state index contributed by atoms with van der Waals surface area (Å²) >= 11 is 0. The normalized spacial score (nSPS) is 9.38. The minimum Gasteiger partial charge on any atom is -0.495 e. The molecule has 0 aliphatic heterocycles. The van der Waals surface area contributed by atoms with Crippen molar-refractivity contribution in [2.24, 2.45) is 0 Å². The summed E-state index contributed by atoms with van der Waals surface area (Å²) in [6, 6.07) is 4.90. The standard InChI is InChI=1S/C10H10O3/c1-7(12)9-5-3-4-8(6-11)10(9)13-2/h3-6H,1-2H3. The van der Waals surface area contributed by atoms with E-state index in [4.69, 9.17) is 4.74 Å². The smallest absolute Gasteiger partial charge is 0.163 e. The highest BCUT2D eigenvalue weighted by atomic mass is 16.5. The van der Waals surface area contributed by atoms with Crippen LogP contribution in [-0.2, 0) is 0 Å². The summed E-state index contributed by atoms with van der Waals surface area (Å²) in [6.45, 7) is 1.44. The lowest BCUT2D eigenvalue weighted by Gasteiger charge is -2.06. The van der Waals surface area contributed by atoms with E-state index in [0.29, 0.717) is 23.2 Å². The van der Waals surface area contributed by atoms with Crippen LogP contribution in [0, 0.1) is 0 Å². The molecule has 3 nitrogen and oxygen atoms in total. The molecule has 1 rings (SSSR count). The number of benzene rings is 1. The van der Waals surface area contributed by atoms with Crippen LogP contribution in [0.3, 0.4) is 0 Å². The van der Waals surface area contributed by atoms with Gasteiger partial charge in [-0.2, -0.15) is 0 Å². The highest BCUT2D eigenvalue weighted by Gasteiger charge is 2.10. The number of ether oxygens (including phenoxy) is 1. The molecule has 68 valence electrons. The van der Waals surface area contributed by atoms with Crippen molar-refractivity contribution in [1.29, 1.82) is 0 Å². The van der Waals surface area contributed by atoms with E-state index < -0.39 is 0 Å². The monoisotopic (exact) mass is 178 g/mol. The molecule has 0 N–H and O–H groups in total. The summed E-state index contributed by atoms with van der Waals surface area (Å²) in [5, 5.41) is 0. The third kappa shape index (κ3) is 1.75. The first-order valence-corrected chi connectivity index (χ1v) is 3.83. The van der Waals surface area contributed by atoms with Crippen molar-refractivity contribution in [3.63, 3.8) is 0 Å². The summed E-state index contributed by atoms with van der Waals surface area (Å²) in [5.41, 5.74) is 0.835. The van der Waals surface area contributed by atoms with Gasteiger partial charge in [-0.25, -0.2) is 0 Å². The fraction of sp³-hybridized carbons (Fsp3) is 0.200. The number of hydrogen-bond donors (Lipinski definition) is 0. The Labute approximate surface area is 76.3 Å². The van der Waals surface area contributed by atoms with E-state index in [9.17, 15) is 9.59 Å². The zero-order chi connectivity index (χ0) is 9.84. The van der Waals surface area contributed by atoms with E-state index >= 15 is 0 Å². The zero-order valence-corrected chi connectivity index (χ0v) is 7.53. The Hall–Kier alpha value is -1.64. The molecule has 0 aliphatic carbocycles. The van der Waals surface area contributed by atoms with Gasteiger partial charge in [-0.05, 0) is 19.1 Å². The van der Waals surface area contributed by atoms with Crippen LogP contribution in [0.5, 0.6) is 5.75 Å². The van der Waals surface area contributed by atoms with Crippen LogP contribution in [0.2, 0.25) is 0 Å². The first-order chi connectivity index (χ1) is 6.20. The molecule has 1 aromatic carbocycles. The van der Waals surface area contributed by atoms with Crippen LogP contribution in [0.1, 0.15) is 27.6 Å². The summed E-state index contributed by atoms with van der Waals surface area (Å²) in [5.74, 6) is 0.241. The lowest BCUT2D eigenvalue weighted by Crippen LogP contribution is -2.00. The van der Waals surface area contributed by atoms with Crippen molar-refractivity contribution in [3.05, 3.63) is 29.3 Å². The molecule has 1 aromatic rings. The van der Waals surface area contributed by atoms with Crippen molar-refractivity contribution in [2.45, 2.75) is 6.92 Å². The van der Waals surface area contributed by atoms with Crippen molar-refractivity contribution in [1.82, 2.24) is 0 Å². The van der Waals surface area contributed by atoms with E-state index in [0.717, 1.165) is 0 Å². The first-order valence-electron chi connectivity index (χ1n) is 3.83. The van der Waals surface area contributed by atoms with Gasteiger partial charge in [-0.1, -0.05) is 6.07 Å². The molecule has 0 spiro atoms. The van der Waals surface area contributed by atoms with Crippen molar-refractivity contribution in [2.75, 3.05) is 7.11 Å². The molecule has 13 heavy (non-hydrogen) atoms. The highest BCUT2D eigenvalue weighted by Crippen LogP contribution is 2.22. The zero-order valence-electron chi connectivity index (χ0n) is 7.53. The second-order valence-corrected chi connectivity index (χ2v) is 2.60. The van der Waals surface area contributed by atoms with Gasteiger partial charge in [-0.15, -0.1) is 0 Å². The number of hydrogen-bond acceptors (Lipinski definition) is 3. The first kappa shape index (κ1) is 9.45. The molecule has 0 amide bonds. The Kier molecular flexibility index (Phi) is 2.80. The predicted octanol–water partition coefficient (Wildman–Crippen LogP) is 1.71. The number of rotatable bonds is 3. The van der Waals surface area contributed by atoms with Crippen LogP contribution in [0.25, 0.3) is 0 Å². The molecule has 0 aliphatic rings. The molecule has 0 saturated carbocycles. The van der Waals surface area contributed by atoms with E-state index in [-0.39, 0.29) is 5.78 Å². The van der Waals surface area contributed by atoms with Crippen LogP contribution in [0.15, 0.2) is 18.2 Å². The second kappa shape index (κ2) is 3.85. The van der Waals surface area contributed by atoms with Crippen LogP contribution in [0.4, 0.5) is 0 Å². The quantitative estimate of drug-likeness (QED) is 0.522. The molecule has 3 heteroatoms. The average molecular weight is 178 g/mol. The van der Waals surface area contributed by atoms with Crippen molar-refractivity contribution >= 4 is 12.1 Å². The Morgan fingerprint density at radius 3 is 2.62 bits per heavy atom. The lowest BCUT2D eigenvalue weighted by molar-refractivity contribution is 0.101. The predicted molar refractivity (Wildman–Crippen MR) is 48.4 cm³/mol. The summed E-state index contributed by atoms with van der Waals surface area (Å²) in [6.07, 6.45) is 0.672. The molecule has 0 aromatic heterocycles. The molecule has 0 heterocycles. The van der Waals surface area contributed by atoms with Crippen LogP contribution < -0.4 is 4.74 Å². The van der Waals surface area contributed by atoms with Crippen molar-refractivity contribution in [3.8, 4) is 5.75 Å². The fourth-order valence-electron chi connectivity index (χ4n) is 1.15. The topological polar surface area (TPSA) is 43.4 Å². The number of carbonyl (C=O) groups is 2. The maximum Gasteiger partial charge on any atom is 0.163 e. The minimum atomic E-state index is -0.111. The number of ketones is 1. The molecule has 0 bridgehead atoms. The highest BCUT2D eigenvalue weighted by molar-refractivity contribution is 5.99. The molecule has 0 fully saturated rings. The number of Topliss-reactive ketones (excluding diaryl/α,β-unsaturated/α-hetero) is 1. The second-order valence-electron chi connectivity index (χ2n) is 2.60. The molecule has 0 saturated heterocycles. The van der Waals surface area contributed by atoms with Gasteiger partial charge in [-0.3, -0.25) is 9.59 Å². The van der Waals surface area contributed by atoms with E-state index in [1.54, 1.807) is 18.2 Å². The summed E-state index contributed by atoms with van der Waals surface area (Å²) in [7, 11) is 1.44. The van der Waals surface area contributed by atoms with Gasteiger partial charge in [0.15, 0.2) is 12.1 Å². The molecule has 0 atom stereocenters. The van der Waals surface area contributed by atoms with Gasteiger partial charge >= 0.3 is 0 Å². The van der Waals surface area contributed by atoms with Gasteiger partial charge in [0.25, 0.3) is 0 Å². The van der Waals surface area contributed by atoms with Crippen LogP contribution in [-0.4, -0.2) is 19.2 Å². The van der Waals surface area contributed by atoms with Gasteiger partial charge < -0.3 is 4.74 Å². The number of aldehydes is 1. The van der Waals surface area contributed by atoms with Gasteiger partial charge in [0.2, 0.25) is 0 Å². The van der Waals surface area contributed by atoms with Crippen LogP contribution >= 0.6 is 0 Å². The number of methoxy groups -OCH3 is 1. The summed E-state index contributed by atoms with van der Waals surface area (Å²) < 4.78 is 4.98. The Bertz CT molecular complexity index is 342. The maximum absolute atomic E-state index is 11.1. The Balaban J connectivity index is 3.35. The number of para-hydroxylation sites is 1. The largest absolute Gasteiger partial charge is 0.495 e. The minimum absolute atomic E-state index is 0.111. The fourth-order valence-corrected chi connectivity index (χ4v) is 1.15. The lowest BCUT2D eigenvalue weighted by atomic mass is 10.1. The summed E-state index contributed by atoms with van der Waals surface area (Å²) in [4.78, 5) is 21.7. The van der Waals surface area contributed by atoms with E-state index in [1.807, 2.05) is 0 Å². The Morgan fingerprint density at radius 2 is 2.15 bits per heavy atom. The number of carbonyl (C=O) groups excluding carboxylic acids is 2. The Morgan fingerprint density at radius 1 is 1.46 bits per heavy atom. The molecular formula is C10H10O3. The van der Waals surface area contributed by atoms with E-state index in [1.165, 1.54) is 14.0 Å². The van der Waals surface area contributed by atoms with Crippen molar-refractivity contribution < 1.29 is 14.3 Å². The van der Waals surface area contributed by atoms with Gasteiger partial charge in [0.1, 0.15) is 5.75 Å². The molecular weight excluding hydrogens is 168 g/mol. The third-order valence-corrected chi connectivity index (χ3v) is 1.76. The van der Waals surface area contributed by atoms with E-state index in [2.05, 4.69) is 0 Å². The SMILES string of the molecule is COc1c(C=O)cccc1C(C)=O. The third-order valence-electron chi connectivity index (χ3n) is 1.76.